The first-order valence-electron chi connectivity index (χ1n) is 8.79. The number of carbonyl (C=O) groups is 2. The zero-order valence-electron chi connectivity index (χ0n) is 14.9. The fourth-order valence-corrected chi connectivity index (χ4v) is 4.91. The second-order valence-corrected chi connectivity index (χ2v) is 8.77. The van der Waals surface area contributed by atoms with Crippen LogP contribution in [0.4, 0.5) is 0 Å². The van der Waals surface area contributed by atoms with Crippen molar-refractivity contribution in [2.75, 3.05) is 19.6 Å². The molecule has 9 nitrogen and oxygen atoms in total. The van der Waals surface area contributed by atoms with Crippen molar-refractivity contribution in [2.24, 2.45) is 5.92 Å². The molecule has 3 rings (SSSR count). The smallest absolute Gasteiger partial charge is 0.248 e. The Morgan fingerprint density at radius 1 is 1.19 bits per heavy atom. The van der Waals surface area contributed by atoms with Crippen molar-refractivity contribution in [3.63, 3.8) is 0 Å². The second-order valence-electron chi connectivity index (χ2n) is 6.89. The molecule has 144 valence electrons. The highest BCUT2D eigenvalue weighted by atomic mass is 32.2. The number of piperidine rings is 1. The summed E-state index contributed by atoms with van der Waals surface area (Å²) in [6, 6.07) is 0.261. The van der Waals surface area contributed by atoms with Crippen LogP contribution in [-0.2, 0) is 19.6 Å². The van der Waals surface area contributed by atoms with Gasteiger partial charge in [-0.15, -0.1) is 0 Å². The lowest BCUT2D eigenvalue weighted by Crippen LogP contribution is -2.45. The third-order valence-electron chi connectivity index (χ3n) is 4.76. The molecule has 2 heterocycles. The number of hydrogen-bond donors (Lipinski definition) is 2. The zero-order valence-corrected chi connectivity index (χ0v) is 15.8. The first-order chi connectivity index (χ1) is 12.3. The lowest BCUT2D eigenvalue weighted by molar-refractivity contribution is -0.129. The summed E-state index contributed by atoms with van der Waals surface area (Å²) in [7, 11) is -3.68. The summed E-state index contributed by atoms with van der Waals surface area (Å²) in [5, 5.41) is 9.15. The van der Waals surface area contributed by atoms with Crippen LogP contribution in [0.15, 0.2) is 9.42 Å². The molecule has 0 spiro atoms. The number of rotatable bonds is 6. The van der Waals surface area contributed by atoms with Gasteiger partial charge in [0.1, 0.15) is 10.6 Å². The lowest BCUT2D eigenvalue weighted by Gasteiger charge is -2.30. The van der Waals surface area contributed by atoms with E-state index in [9.17, 15) is 18.0 Å². The molecule has 1 aromatic heterocycles. The summed E-state index contributed by atoms with van der Waals surface area (Å²) in [4.78, 5) is 24.0. The van der Waals surface area contributed by atoms with E-state index < -0.39 is 10.0 Å². The van der Waals surface area contributed by atoms with E-state index in [1.165, 1.54) is 4.31 Å². The maximum Gasteiger partial charge on any atom is 0.248 e. The minimum absolute atomic E-state index is 0.0348. The predicted molar refractivity (Wildman–Crippen MR) is 91.6 cm³/mol. The molecule has 0 radical (unpaired) electrons. The van der Waals surface area contributed by atoms with E-state index in [2.05, 4.69) is 15.8 Å². The second kappa shape index (κ2) is 7.36. The third kappa shape index (κ3) is 4.07. The lowest BCUT2D eigenvalue weighted by atomic mass is 9.97. The van der Waals surface area contributed by atoms with E-state index in [0.29, 0.717) is 18.5 Å². The summed E-state index contributed by atoms with van der Waals surface area (Å²) < 4.78 is 31.8. The van der Waals surface area contributed by atoms with E-state index in [0.717, 1.165) is 12.8 Å². The molecular weight excluding hydrogens is 360 g/mol. The third-order valence-corrected chi connectivity index (χ3v) is 6.90. The van der Waals surface area contributed by atoms with Gasteiger partial charge in [-0.25, -0.2) is 8.42 Å². The Morgan fingerprint density at radius 2 is 1.85 bits per heavy atom. The Balaban J connectivity index is 1.52. The zero-order chi connectivity index (χ0) is 18.9. The highest BCUT2D eigenvalue weighted by molar-refractivity contribution is 7.89. The molecule has 2 amide bonds. The summed E-state index contributed by atoms with van der Waals surface area (Å²) in [6.45, 7) is 3.63. The predicted octanol–water partition coefficient (Wildman–Crippen LogP) is 0.0869. The summed E-state index contributed by atoms with van der Waals surface area (Å²) in [5.74, 6) is -0.409. The van der Waals surface area contributed by atoms with E-state index >= 15 is 0 Å². The molecule has 1 aliphatic heterocycles. The molecule has 0 bridgehead atoms. The highest BCUT2D eigenvalue weighted by Gasteiger charge is 2.35. The monoisotopic (exact) mass is 384 g/mol. The van der Waals surface area contributed by atoms with Gasteiger partial charge in [0.15, 0.2) is 5.76 Å². The van der Waals surface area contributed by atoms with Gasteiger partial charge in [0.25, 0.3) is 0 Å². The SMILES string of the molecule is Cc1noc(C)c1S(=O)(=O)N1CCC(C(=O)NCC(=O)NC2CC2)CC1. The molecule has 2 fully saturated rings. The molecule has 1 saturated heterocycles. The topological polar surface area (TPSA) is 122 Å². The van der Waals surface area contributed by atoms with Crippen LogP contribution in [0.25, 0.3) is 0 Å². The van der Waals surface area contributed by atoms with Crippen LogP contribution in [-0.4, -0.2) is 55.4 Å². The van der Waals surface area contributed by atoms with Crippen LogP contribution in [0, 0.1) is 19.8 Å². The van der Waals surface area contributed by atoms with Gasteiger partial charge >= 0.3 is 0 Å². The van der Waals surface area contributed by atoms with E-state index in [4.69, 9.17) is 4.52 Å². The Kier molecular flexibility index (Phi) is 5.33. The average molecular weight is 384 g/mol. The first kappa shape index (κ1) is 18.8. The average Bonchev–Trinajstić information content (AvgIpc) is 3.35. The number of carbonyl (C=O) groups excluding carboxylic acids is 2. The molecule has 1 saturated carbocycles. The van der Waals surface area contributed by atoms with Crippen molar-refractivity contribution in [3.8, 4) is 0 Å². The Hall–Kier alpha value is -1.94. The van der Waals surface area contributed by atoms with Gasteiger partial charge in [-0.3, -0.25) is 9.59 Å². The number of nitrogens with one attached hydrogen (secondary N) is 2. The maximum absolute atomic E-state index is 12.8. The molecule has 10 heteroatoms. The normalized spacial score (nSPS) is 19.3. The van der Waals surface area contributed by atoms with Crippen molar-refractivity contribution in [1.82, 2.24) is 20.1 Å². The van der Waals surface area contributed by atoms with Gasteiger partial charge in [-0.1, -0.05) is 5.16 Å². The molecule has 0 unspecified atom stereocenters. The molecule has 2 aliphatic rings. The van der Waals surface area contributed by atoms with Crippen LogP contribution in [0.1, 0.15) is 37.1 Å². The van der Waals surface area contributed by atoms with Crippen LogP contribution in [0.5, 0.6) is 0 Å². The molecule has 1 aromatic rings. The van der Waals surface area contributed by atoms with Crippen molar-refractivity contribution in [2.45, 2.75) is 50.5 Å². The molecule has 26 heavy (non-hydrogen) atoms. The van der Waals surface area contributed by atoms with Crippen molar-refractivity contribution < 1.29 is 22.5 Å². The number of aryl methyl sites for hydroxylation is 2. The van der Waals surface area contributed by atoms with Gasteiger partial charge in [-0.2, -0.15) is 4.31 Å². The van der Waals surface area contributed by atoms with Gasteiger partial charge in [0.2, 0.25) is 21.8 Å². The van der Waals surface area contributed by atoms with Crippen molar-refractivity contribution >= 4 is 21.8 Å². The molecule has 0 atom stereocenters. The molecule has 1 aliphatic carbocycles. The van der Waals surface area contributed by atoms with E-state index in [1.54, 1.807) is 13.8 Å². The Morgan fingerprint density at radius 3 is 2.38 bits per heavy atom. The molecule has 0 aromatic carbocycles. The Bertz CT molecular complexity index is 772. The summed E-state index contributed by atoms with van der Waals surface area (Å²) in [5.41, 5.74) is 0.337. The van der Waals surface area contributed by atoms with Gasteiger partial charge in [0.05, 0.1) is 6.54 Å². The Labute approximate surface area is 152 Å². The van der Waals surface area contributed by atoms with Crippen LogP contribution >= 0.6 is 0 Å². The van der Waals surface area contributed by atoms with Gasteiger partial charge in [-0.05, 0) is 39.5 Å². The van der Waals surface area contributed by atoms with E-state index in [-0.39, 0.29) is 54.1 Å². The van der Waals surface area contributed by atoms with Crippen LogP contribution in [0.2, 0.25) is 0 Å². The van der Waals surface area contributed by atoms with Crippen molar-refractivity contribution in [1.29, 1.82) is 0 Å². The largest absolute Gasteiger partial charge is 0.360 e. The number of amides is 2. The van der Waals surface area contributed by atoms with Crippen LogP contribution < -0.4 is 10.6 Å². The first-order valence-corrected chi connectivity index (χ1v) is 10.2. The number of aromatic nitrogens is 1. The van der Waals surface area contributed by atoms with Crippen LogP contribution in [0.3, 0.4) is 0 Å². The van der Waals surface area contributed by atoms with Gasteiger partial charge in [0, 0.05) is 25.0 Å². The standard InChI is InChI=1S/C16H24N4O5S/c1-10-15(11(2)25-19-10)26(23,24)20-7-5-12(6-8-20)16(22)17-9-14(21)18-13-3-4-13/h12-13H,3-9H2,1-2H3,(H,17,22)(H,18,21). The fourth-order valence-electron chi connectivity index (χ4n) is 3.15. The van der Waals surface area contributed by atoms with Gasteiger partial charge < -0.3 is 15.2 Å². The number of hydrogen-bond acceptors (Lipinski definition) is 6. The minimum atomic E-state index is -3.68. The number of nitrogens with zero attached hydrogens (tertiary/aromatic N) is 2. The summed E-state index contributed by atoms with van der Waals surface area (Å²) >= 11 is 0. The molecule has 2 N–H and O–H groups in total. The highest BCUT2D eigenvalue weighted by Crippen LogP contribution is 2.27. The quantitative estimate of drug-likeness (QED) is 0.717. The summed E-state index contributed by atoms with van der Waals surface area (Å²) in [6.07, 6.45) is 2.83. The molecular formula is C16H24N4O5S. The van der Waals surface area contributed by atoms with Crippen molar-refractivity contribution in [3.05, 3.63) is 11.5 Å². The van der Waals surface area contributed by atoms with E-state index in [1.807, 2.05) is 0 Å². The minimum Gasteiger partial charge on any atom is -0.360 e. The fraction of sp³-hybridized carbons (Fsp3) is 0.688. The number of sulfonamides is 1. The maximum atomic E-state index is 12.8.